The second kappa shape index (κ2) is 11.1. The Labute approximate surface area is 299 Å². The molecule has 0 amide bonds. The van der Waals surface area contributed by atoms with Crippen LogP contribution in [0.2, 0.25) is 0 Å². The molecule has 0 nitrogen and oxygen atoms in total. The van der Waals surface area contributed by atoms with Gasteiger partial charge in [0.1, 0.15) is 0 Å². The van der Waals surface area contributed by atoms with Gasteiger partial charge in [0.05, 0.1) is 0 Å². The Hall–Kier alpha value is -6.28. The monoisotopic (exact) mass is 662 g/mol. The largest absolute Gasteiger partial charge is 0.135 e. The highest BCUT2D eigenvalue weighted by Gasteiger charge is 2.19. The minimum Gasteiger partial charge on any atom is -0.135 e. The zero-order chi connectivity index (χ0) is 33.5. The lowest BCUT2D eigenvalue weighted by Gasteiger charge is -2.19. The highest BCUT2D eigenvalue weighted by atomic mass is 32.1. The predicted octanol–water partition coefficient (Wildman–Crippen LogP) is 14.8. The van der Waals surface area contributed by atoms with E-state index >= 15 is 0 Å². The number of fused-ring (bicyclic) bond motifs is 12. The molecule has 0 aliphatic heterocycles. The van der Waals surface area contributed by atoms with Gasteiger partial charge in [-0.25, -0.2) is 0 Å². The molecule has 0 saturated heterocycles. The maximum absolute atomic E-state index is 2.45. The van der Waals surface area contributed by atoms with Crippen LogP contribution in [0.1, 0.15) is 0 Å². The van der Waals surface area contributed by atoms with E-state index in [4.69, 9.17) is 0 Å². The first-order valence-corrected chi connectivity index (χ1v) is 18.4. The minimum absolute atomic E-state index is 1.23. The van der Waals surface area contributed by atoms with Gasteiger partial charge in [-0.3, -0.25) is 0 Å². The van der Waals surface area contributed by atoms with E-state index < -0.39 is 0 Å². The predicted molar refractivity (Wildman–Crippen MR) is 223 cm³/mol. The van der Waals surface area contributed by atoms with Crippen molar-refractivity contribution in [2.45, 2.75) is 0 Å². The van der Waals surface area contributed by atoms with Crippen LogP contribution in [0, 0.1) is 0 Å². The van der Waals surface area contributed by atoms with Gasteiger partial charge in [0.2, 0.25) is 0 Å². The van der Waals surface area contributed by atoms with Gasteiger partial charge in [-0.05, 0) is 100 Å². The van der Waals surface area contributed by atoms with Gasteiger partial charge in [-0.1, -0.05) is 164 Å². The topological polar surface area (TPSA) is 0 Å². The Morgan fingerprint density at radius 3 is 1.43 bits per heavy atom. The first-order valence-electron chi connectivity index (χ1n) is 17.6. The van der Waals surface area contributed by atoms with Gasteiger partial charge in [-0.2, -0.15) is 0 Å². The van der Waals surface area contributed by atoms with E-state index in [1.165, 1.54) is 107 Å². The quantitative estimate of drug-likeness (QED) is 0.130. The summed E-state index contributed by atoms with van der Waals surface area (Å²) in [6, 6.07) is 67.4. The lowest BCUT2D eigenvalue weighted by atomic mass is 9.84. The molecule has 0 radical (unpaired) electrons. The summed E-state index contributed by atoms with van der Waals surface area (Å²) < 4.78 is 2.72. The van der Waals surface area contributed by atoms with Crippen molar-refractivity contribution in [2.24, 2.45) is 0 Å². The molecule has 0 unspecified atom stereocenters. The Morgan fingerprint density at radius 1 is 0.255 bits per heavy atom. The summed E-state index contributed by atoms with van der Waals surface area (Å²) in [6.07, 6.45) is 0. The second-order valence-corrected chi connectivity index (χ2v) is 14.6. The van der Waals surface area contributed by atoms with E-state index in [0.29, 0.717) is 0 Å². The molecule has 1 heteroatoms. The molecule has 0 saturated carbocycles. The molecular weight excluding hydrogens is 633 g/mol. The van der Waals surface area contributed by atoms with E-state index in [2.05, 4.69) is 182 Å². The summed E-state index contributed by atoms with van der Waals surface area (Å²) >= 11 is 1.92. The molecule has 1 heterocycles. The molecule has 11 aromatic rings. The fourth-order valence-electron chi connectivity index (χ4n) is 8.61. The molecule has 51 heavy (non-hydrogen) atoms. The number of benzene rings is 10. The van der Waals surface area contributed by atoms with Crippen molar-refractivity contribution >= 4 is 85.4 Å². The second-order valence-electron chi connectivity index (χ2n) is 13.6. The SMILES string of the molecule is c1ccc(-c2cccc(-c3c4ccccc4c(-c4ccc5c(c4)c4ccccc4c4c5ccc5c6ccccc6sc54)c4ccccc34)c2)cc1. The summed E-state index contributed by atoms with van der Waals surface area (Å²) in [4.78, 5) is 0. The Morgan fingerprint density at radius 2 is 0.725 bits per heavy atom. The molecule has 11 rings (SSSR count). The third kappa shape index (κ3) is 4.26. The third-order valence-electron chi connectivity index (χ3n) is 10.8. The molecule has 0 atom stereocenters. The van der Waals surface area contributed by atoms with Gasteiger partial charge >= 0.3 is 0 Å². The van der Waals surface area contributed by atoms with Gasteiger partial charge in [-0.15, -0.1) is 11.3 Å². The maximum atomic E-state index is 2.45. The molecule has 0 bridgehead atoms. The summed E-state index contributed by atoms with van der Waals surface area (Å²) in [5.41, 5.74) is 7.51. The molecule has 0 fully saturated rings. The summed E-state index contributed by atoms with van der Waals surface area (Å²) in [5, 5.41) is 15.7. The highest BCUT2D eigenvalue weighted by molar-refractivity contribution is 7.26. The minimum atomic E-state index is 1.23. The number of hydrogen-bond donors (Lipinski definition) is 0. The van der Waals surface area contributed by atoms with Crippen molar-refractivity contribution < 1.29 is 0 Å². The normalized spacial score (nSPS) is 11.9. The molecule has 236 valence electrons. The summed E-state index contributed by atoms with van der Waals surface area (Å²) in [6.45, 7) is 0. The van der Waals surface area contributed by atoms with E-state index in [0.717, 1.165) is 0 Å². The van der Waals surface area contributed by atoms with Crippen molar-refractivity contribution in [1.82, 2.24) is 0 Å². The average molecular weight is 663 g/mol. The van der Waals surface area contributed by atoms with Crippen LogP contribution in [-0.4, -0.2) is 0 Å². The van der Waals surface area contributed by atoms with Crippen LogP contribution in [0.5, 0.6) is 0 Å². The van der Waals surface area contributed by atoms with Crippen LogP contribution in [0.15, 0.2) is 182 Å². The number of rotatable bonds is 3. The molecule has 1 aromatic heterocycles. The standard InChI is InChI=1S/C50H30S/c1-2-13-31(14-3-1)32-15-12-16-33(29-32)47-39-20-6-8-22-41(39)48(42-23-9-7-21-40(42)47)34-25-26-36-43-27-28-44-37-18-10-11-24-46(37)51-50(44)49(43)38-19-5-4-17-35(38)45(36)30-34/h1-30H. The summed E-state index contributed by atoms with van der Waals surface area (Å²) in [7, 11) is 0. The van der Waals surface area contributed by atoms with Crippen molar-refractivity contribution in [2.75, 3.05) is 0 Å². The molecule has 0 aliphatic carbocycles. The van der Waals surface area contributed by atoms with Crippen molar-refractivity contribution in [3.8, 4) is 33.4 Å². The highest BCUT2D eigenvalue weighted by Crippen LogP contribution is 2.47. The van der Waals surface area contributed by atoms with Crippen LogP contribution in [-0.2, 0) is 0 Å². The van der Waals surface area contributed by atoms with E-state index in [-0.39, 0.29) is 0 Å². The number of hydrogen-bond acceptors (Lipinski definition) is 1. The zero-order valence-electron chi connectivity index (χ0n) is 27.7. The smallest absolute Gasteiger partial charge is 0.0440 e. The van der Waals surface area contributed by atoms with E-state index in [1.54, 1.807) is 0 Å². The zero-order valence-corrected chi connectivity index (χ0v) is 28.5. The van der Waals surface area contributed by atoms with Gasteiger partial charge < -0.3 is 0 Å². The van der Waals surface area contributed by atoms with E-state index in [9.17, 15) is 0 Å². The first kappa shape index (κ1) is 28.5. The third-order valence-corrected chi connectivity index (χ3v) is 12.0. The fourth-order valence-corrected chi connectivity index (χ4v) is 9.87. The Bertz CT molecular complexity index is 3110. The van der Waals surface area contributed by atoms with Crippen molar-refractivity contribution in [3.63, 3.8) is 0 Å². The Kier molecular flexibility index (Phi) is 6.22. The lowest BCUT2D eigenvalue weighted by Crippen LogP contribution is -1.92. The molecule has 10 aromatic carbocycles. The van der Waals surface area contributed by atoms with Crippen molar-refractivity contribution in [3.05, 3.63) is 182 Å². The molecule has 0 aliphatic rings. The van der Waals surface area contributed by atoms with E-state index in [1.807, 2.05) is 11.3 Å². The van der Waals surface area contributed by atoms with Crippen LogP contribution in [0.4, 0.5) is 0 Å². The van der Waals surface area contributed by atoms with Crippen LogP contribution >= 0.6 is 11.3 Å². The average Bonchev–Trinajstić information content (AvgIpc) is 3.59. The van der Waals surface area contributed by atoms with Crippen LogP contribution < -0.4 is 0 Å². The number of thiophene rings is 1. The fraction of sp³-hybridized carbons (Fsp3) is 0. The molecular formula is C50H30S. The molecule has 0 N–H and O–H groups in total. The maximum Gasteiger partial charge on any atom is 0.0440 e. The van der Waals surface area contributed by atoms with Gasteiger partial charge in [0.25, 0.3) is 0 Å². The van der Waals surface area contributed by atoms with Crippen molar-refractivity contribution in [1.29, 1.82) is 0 Å². The Balaban J connectivity index is 1.20. The van der Waals surface area contributed by atoms with Crippen LogP contribution in [0.25, 0.3) is 107 Å². The lowest BCUT2D eigenvalue weighted by molar-refractivity contribution is 1.61. The molecule has 0 spiro atoms. The van der Waals surface area contributed by atoms with Gasteiger partial charge in [0, 0.05) is 25.6 Å². The van der Waals surface area contributed by atoms with Gasteiger partial charge in [0.15, 0.2) is 0 Å². The first-order chi connectivity index (χ1) is 25.3. The summed E-state index contributed by atoms with van der Waals surface area (Å²) in [5.74, 6) is 0. The van der Waals surface area contributed by atoms with Crippen LogP contribution in [0.3, 0.4) is 0 Å².